The van der Waals surface area contributed by atoms with E-state index in [9.17, 15) is 4.79 Å². The second-order valence-electron chi connectivity index (χ2n) is 6.89. The van der Waals surface area contributed by atoms with Gasteiger partial charge in [-0.1, -0.05) is 18.2 Å². The van der Waals surface area contributed by atoms with Crippen molar-refractivity contribution in [1.82, 2.24) is 14.8 Å². The number of aromatic nitrogens is 1. The molecule has 2 amide bonds. The molecule has 3 rings (SSSR count). The van der Waals surface area contributed by atoms with E-state index in [1.807, 2.05) is 18.3 Å². The highest BCUT2D eigenvalue weighted by atomic mass is 16.2. The Labute approximate surface area is 138 Å². The van der Waals surface area contributed by atoms with Crippen molar-refractivity contribution in [2.24, 2.45) is 11.1 Å². The first-order valence-corrected chi connectivity index (χ1v) is 8.42. The lowest BCUT2D eigenvalue weighted by Gasteiger charge is -2.43. The van der Waals surface area contributed by atoms with Gasteiger partial charge in [-0.2, -0.15) is 0 Å². The lowest BCUT2D eigenvalue weighted by atomic mass is 9.71. The van der Waals surface area contributed by atoms with Crippen LogP contribution in [0.25, 0.3) is 0 Å². The van der Waals surface area contributed by atoms with Gasteiger partial charge in [0.15, 0.2) is 0 Å². The third-order valence-corrected chi connectivity index (χ3v) is 5.38. The first-order valence-electron chi connectivity index (χ1n) is 8.42. The minimum Gasteiger partial charge on any atom is -0.351 e. The Morgan fingerprint density at radius 2 is 2.17 bits per heavy atom. The summed E-state index contributed by atoms with van der Waals surface area (Å²) in [7, 11) is 2.16. The number of amides is 2. The van der Waals surface area contributed by atoms with Gasteiger partial charge in [-0.05, 0) is 50.3 Å². The minimum absolute atomic E-state index is 0.272. The predicted molar refractivity (Wildman–Crippen MR) is 90.7 cm³/mol. The Kier molecular flexibility index (Phi) is 4.66. The second kappa shape index (κ2) is 6.71. The number of carbonyl (C=O) groups excluding carboxylic acids is 1. The number of hydrogen-bond acceptors (Lipinski definition) is 3. The average Bonchev–Trinajstić information content (AvgIpc) is 2.57. The van der Waals surface area contributed by atoms with Crippen molar-refractivity contribution in [1.29, 1.82) is 0 Å². The van der Waals surface area contributed by atoms with Gasteiger partial charge in [0.25, 0.3) is 0 Å². The van der Waals surface area contributed by atoms with Gasteiger partial charge in [-0.3, -0.25) is 9.88 Å². The summed E-state index contributed by atoms with van der Waals surface area (Å²) < 4.78 is 0. The monoisotopic (exact) mass is 314 g/mol. The smallest absolute Gasteiger partial charge is 0.314 e. The third-order valence-electron chi connectivity index (χ3n) is 5.38. The van der Waals surface area contributed by atoms with Crippen LogP contribution in [0.15, 0.2) is 36.5 Å². The van der Waals surface area contributed by atoms with Crippen molar-refractivity contribution >= 4 is 6.03 Å². The first kappa shape index (κ1) is 16.0. The van der Waals surface area contributed by atoms with Gasteiger partial charge in [0.05, 0.1) is 5.69 Å². The van der Waals surface area contributed by atoms with Gasteiger partial charge in [0, 0.05) is 31.9 Å². The van der Waals surface area contributed by atoms with E-state index in [0.717, 1.165) is 44.6 Å². The molecule has 1 aromatic heterocycles. The van der Waals surface area contributed by atoms with Gasteiger partial charge < -0.3 is 10.6 Å². The zero-order valence-corrected chi connectivity index (χ0v) is 13.8. The number of pyridine rings is 1. The molecule has 1 aliphatic carbocycles. The summed E-state index contributed by atoms with van der Waals surface area (Å²) in [5.74, 6) is 0. The molecule has 5 heteroatoms. The number of carbonyl (C=O) groups is 1. The molecule has 1 fully saturated rings. The topological polar surface area (TPSA) is 62.5 Å². The van der Waals surface area contributed by atoms with E-state index in [1.165, 1.54) is 6.42 Å². The van der Waals surface area contributed by atoms with Gasteiger partial charge >= 0.3 is 6.03 Å². The summed E-state index contributed by atoms with van der Waals surface area (Å²) in [6, 6.07) is 6.24. The lowest BCUT2D eigenvalue weighted by Crippen LogP contribution is -2.46. The number of piperidine rings is 1. The molecule has 1 aromatic rings. The average molecular weight is 314 g/mol. The molecular weight excluding hydrogens is 288 g/mol. The number of rotatable bonds is 3. The second-order valence-corrected chi connectivity index (χ2v) is 6.89. The highest BCUT2D eigenvalue weighted by molar-refractivity contribution is 5.72. The van der Waals surface area contributed by atoms with E-state index in [4.69, 9.17) is 5.73 Å². The largest absolute Gasteiger partial charge is 0.351 e. The standard InChI is InChI=1S/C18H26N4O/c1-21(14-15-4-2-3-11-20-15)16-5-7-18(8-6-16)9-12-22(13-10-18)17(19)23/h2-5,7,11,16H,6,8-10,12-14H2,1H3,(H2,19,23)/t16-/m0/s1. The van der Waals surface area contributed by atoms with E-state index in [2.05, 4.69) is 35.1 Å². The van der Waals surface area contributed by atoms with Crippen molar-refractivity contribution in [3.63, 3.8) is 0 Å². The number of allylic oxidation sites excluding steroid dienone is 1. The van der Waals surface area contributed by atoms with Gasteiger partial charge in [0.2, 0.25) is 0 Å². The van der Waals surface area contributed by atoms with Crippen LogP contribution in [0, 0.1) is 5.41 Å². The van der Waals surface area contributed by atoms with Crippen LogP contribution in [-0.4, -0.2) is 47.0 Å². The number of nitrogens with zero attached hydrogens (tertiary/aromatic N) is 3. The van der Waals surface area contributed by atoms with Crippen LogP contribution in [0.3, 0.4) is 0 Å². The zero-order valence-electron chi connectivity index (χ0n) is 13.8. The van der Waals surface area contributed by atoms with Crippen LogP contribution in [0.1, 0.15) is 31.4 Å². The summed E-state index contributed by atoms with van der Waals surface area (Å²) in [4.78, 5) is 19.8. The summed E-state index contributed by atoms with van der Waals surface area (Å²) in [5.41, 5.74) is 6.76. The Bertz CT molecular complexity index is 564. The maximum atomic E-state index is 11.3. The van der Waals surface area contributed by atoms with E-state index in [-0.39, 0.29) is 11.4 Å². The normalized spacial score (nSPS) is 23.4. The molecule has 0 radical (unpaired) electrons. The Balaban J connectivity index is 1.57. The quantitative estimate of drug-likeness (QED) is 0.871. The van der Waals surface area contributed by atoms with Crippen molar-refractivity contribution in [2.75, 3.05) is 20.1 Å². The number of likely N-dealkylation sites (tertiary alicyclic amines) is 1. The molecule has 0 unspecified atom stereocenters. The molecule has 2 N–H and O–H groups in total. The Morgan fingerprint density at radius 1 is 1.39 bits per heavy atom. The van der Waals surface area contributed by atoms with Gasteiger partial charge in [0.1, 0.15) is 0 Å². The molecule has 0 saturated carbocycles. The van der Waals surface area contributed by atoms with Crippen LogP contribution in [-0.2, 0) is 6.54 Å². The SMILES string of the molecule is CN(Cc1ccccn1)[C@H]1C=CC2(CC1)CCN(C(N)=O)CC2. The van der Waals surface area contributed by atoms with Crippen molar-refractivity contribution in [3.05, 3.63) is 42.2 Å². The van der Waals surface area contributed by atoms with Crippen LogP contribution in [0.5, 0.6) is 0 Å². The van der Waals surface area contributed by atoms with Crippen LogP contribution in [0.2, 0.25) is 0 Å². The first-order chi connectivity index (χ1) is 11.1. The lowest BCUT2D eigenvalue weighted by molar-refractivity contribution is 0.127. The molecular formula is C18H26N4O. The fraction of sp³-hybridized carbons (Fsp3) is 0.556. The Hall–Kier alpha value is -1.88. The summed E-state index contributed by atoms with van der Waals surface area (Å²) in [5, 5.41) is 0. The van der Waals surface area contributed by atoms with E-state index in [0.29, 0.717) is 6.04 Å². The summed E-state index contributed by atoms with van der Waals surface area (Å²) >= 11 is 0. The predicted octanol–water partition coefficient (Wildman–Crippen LogP) is 2.39. The number of likely N-dealkylation sites (N-methyl/N-ethyl adjacent to an activating group) is 1. The Morgan fingerprint density at radius 3 is 2.74 bits per heavy atom. The van der Waals surface area contributed by atoms with Crippen molar-refractivity contribution < 1.29 is 4.79 Å². The van der Waals surface area contributed by atoms with Crippen LogP contribution in [0.4, 0.5) is 4.79 Å². The molecule has 0 aromatic carbocycles. The number of hydrogen-bond donors (Lipinski definition) is 1. The van der Waals surface area contributed by atoms with E-state index < -0.39 is 0 Å². The third kappa shape index (κ3) is 3.72. The maximum Gasteiger partial charge on any atom is 0.314 e. The highest BCUT2D eigenvalue weighted by Gasteiger charge is 2.36. The minimum atomic E-state index is -0.285. The molecule has 1 aliphatic heterocycles. The molecule has 23 heavy (non-hydrogen) atoms. The van der Waals surface area contributed by atoms with Crippen molar-refractivity contribution in [3.8, 4) is 0 Å². The number of nitrogens with two attached hydrogens (primary N) is 1. The van der Waals surface area contributed by atoms with Crippen molar-refractivity contribution in [2.45, 2.75) is 38.3 Å². The molecule has 124 valence electrons. The molecule has 2 aliphatic rings. The van der Waals surface area contributed by atoms with Crippen LogP contribution >= 0.6 is 0 Å². The van der Waals surface area contributed by atoms with E-state index >= 15 is 0 Å². The summed E-state index contributed by atoms with van der Waals surface area (Å²) in [6.07, 6.45) is 11.0. The van der Waals surface area contributed by atoms with Gasteiger partial charge in [-0.25, -0.2) is 4.79 Å². The fourth-order valence-corrected chi connectivity index (χ4v) is 3.75. The molecule has 5 nitrogen and oxygen atoms in total. The molecule has 1 atom stereocenters. The zero-order chi connectivity index (χ0) is 16.3. The fourth-order valence-electron chi connectivity index (χ4n) is 3.75. The van der Waals surface area contributed by atoms with E-state index in [1.54, 1.807) is 4.90 Å². The highest BCUT2D eigenvalue weighted by Crippen LogP contribution is 2.41. The molecule has 2 heterocycles. The molecule has 1 spiro atoms. The van der Waals surface area contributed by atoms with Gasteiger partial charge in [-0.15, -0.1) is 0 Å². The number of urea groups is 1. The maximum absolute atomic E-state index is 11.3. The molecule has 0 bridgehead atoms. The number of primary amides is 1. The van der Waals surface area contributed by atoms with Crippen LogP contribution < -0.4 is 5.73 Å². The summed E-state index contributed by atoms with van der Waals surface area (Å²) in [6.45, 7) is 2.44. The molecule has 1 saturated heterocycles.